The van der Waals surface area contributed by atoms with Gasteiger partial charge in [0.1, 0.15) is 24.2 Å². The summed E-state index contributed by atoms with van der Waals surface area (Å²) in [6.45, 7) is 13.3. The average molecular weight is 499 g/mol. The van der Waals surface area contributed by atoms with Gasteiger partial charge >= 0.3 is 0 Å². The van der Waals surface area contributed by atoms with E-state index in [1.54, 1.807) is 31.0 Å². The first kappa shape index (κ1) is 25.1. The zero-order valence-corrected chi connectivity index (χ0v) is 22.5. The molecule has 4 rings (SSSR count). The number of benzene rings is 1. The smallest absolute Gasteiger partial charge is 0.265 e. The number of hydrogen-bond acceptors (Lipinski definition) is 7. The molecule has 2 aliphatic heterocycles. The summed E-state index contributed by atoms with van der Waals surface area (Å²) < 4.78 is 19.2. The molecule has 0 bridgehead atoms. The Bertz CT molecular complexity index is 1180. The summed E-state index contributed by atoms with van der Waals surface area (Å²) in [6, 6.07) is 3.97. The molecule has 2 aliphatic rings. The predicted octanol–water partition coefficient (Wildman–Crippen LogP) is 3.98. The fraction of sp³-hybridized carbons (Fsp3) is 0.520. The van der Waals surface area contributed by atoms with Crippen LogP contribution in [0.5, 0.6) is 11.5 Å². The van der Waals surface area contributed by atoms with Crippen LogP contribution in [0.4, 0.5) is 5.69 Å². The SMILES string of the molecule is COc1cc2c(c(C3=NC(C)C(=O)c4c3cnn4COCC[Si](C)(C)C)c1)OC(C(C)C)C(=O)N2. The van der Waals surface area contributed by atoms with E-state index < -0.39 is 20.2 Å². The van der Waals surface area contributed by atoms with E-state index in [-0.39, 0.29) is 24.3 Å². The lowest BCUT2D eigenvalue weighted by Gasteiger charge is -2.31. The molecule has 9 nitrogen and oxygen atoms in total. The van der Waals surface area contributed by atoms with E-state index in [0.717, 1.165) is 6.04 Å². The van der Waals surface area contributed by atoms with Crippen LogP contribution in [0.1, 0.15) is 42.4 Å². The largest absolute Gasteiger partial charge is 0.497 e. The third-order valence-electron chi connectivity index (χ3n) is 6.16. The maximum absolute atomic E-state index is 13.1. The van der Waals surface area contributed by atoms with Gasteiger partial charge in [-0.05, 0) is 25.0 Å². The number of carbonyl (C=O) groups is 2. The molecule has 1 aromatic carbocycles. The maximum atomic E-state index is 13.1. The topological polar surface area (TPSA) is 104 Å². The van der Waals surface area contributed by atoms with Gasteiger partial charge in [-0.1, -0.05) is 33.5 Å². The molecule has 2 aromatic rings. The highest BCUT2D eigenvalue weighted by Crippen LogP contribution is 2.41. The number of anilines is 1. The number of ether oxygens (including phenoxy) is 3. The van der Waals surface area contributed by atoms with Crippen LogP contribution in [-0.2, 0) is 16.3 Å². The number of nitrogens with one attached hydrogen (secondary N) is 1. The lowest BCUT2D eigenvalue weighted by molar-refractivity contribution is -0.125. The molecule has 2 atom stereocenters. The Morgan fingerprint density at radius 2 is 1.94 bits per heavy atom. The Morgan fingerprint density at radius 3 is 2.60 bits per heavy atom. The summed E-state index contributed by atoms with van der Waals surface area (Å²) in [6.07, 6.45) is 1.01. The van der Waals surface area contributed by atoms with Gasteiger partial charge in [-0.2, -0.15) is 5.10 Å². The Morgan fingerprint density at radius 1 is 1.20 bits per heavy atom. The molecule has 3 heterocycles. The number of rotatable bonds is 8. The van der Waals surface area contributed by atoms with Crippen LogP contribution >= 0.6 is 0 Å². The van der Waals surface area contributed by atoms with Gasteiger partial charge in [0.15, 0.2) is 11.9 Å². The molecule has 35 heavy (non-hydrogen) atoms. The average Bonchev–Trinajstić information content (AvgIpc) is 3.21. The zero-order chi connectivity index (χ0) is 25.5. The van der Waals surface area contributed by atoms with Gasteiger partial charge in [-0.25, -0.2) is 4.68 Å². The number of fused-ring (bicyclic) bond motifs is 2. The number of ketones is 1. The van der Waals surface area contributed by atoms with E-state index in [1.807, 2.05) is 19.9 Å². The van der Waals surface area contributed by atoms with E-state index in [9.17, 15) is 9.59 Å². The van der Waals surface area contributed by atoms with Crippen LogP contribution in [0.3, 0.4) is 0 Å². The van der Waals surface area contributed by atoms with Gasteiger partial charge in [0.25, 0.3) is 5.91 Å². The number of methoxy groups -OCH3 is 1. The molecule has 1 amide bonds. The van der Waals surface area contributed by atoms with Crippen molar-refractivity contribution in [3.63, 3.8) is 0 Å². The summed E-state index contributed by atoms with van der Waals surface area (Å²) >= 11 is 0. The van der Waals surface area contributed by atoms with Crippen molar-refractivity contribution in [2.75, 3.05) is 19.0 Å². The van der Waals surface area contributed by atoms with E-state index in [2.05, 4.69) is 30.1 Å². The highest BCUT2D eigenvalue weighted by Gasteiger charge is 2.37. The van der Waals surface area contributed by atoms with Crippen molar-refractivity contribution >= 4 is 31.2 Å². The number of aromatic nitrogens is 2. The molecule has 1 aromatic heterocycles. The Hall–Kier alpha value is -2.98. The number of aliphatic imine (C=N–C) groups is 1. The Balaban J connectivity index is 1.74. The third kappa shape index (κ3) is 5.04. The number of Topliss-reactive ketones (excluding diaryl/α,β-unsaturated/α-hetero) is 1. The second-order valence-corrected chi connectivity index (χ2v) is 16.2. The highest BCUT2D eigenvalue weighted by molar-refractivity contribution is 6.76. The van der Waals surface area contributed by atoms with Gasteiger partial charge in [-0.3, -0.25) is 14.6 Å². The van der Waals surface area contributed by atoms with Crippen LogP contribution < -0.4 is 14.8 Å². The monoisotopic (exact) mass is 498 g/mol. The fourth-order valence-corrected chi connectivity index (χ4v) is 4.88. The molecular formula is C25H34N4O5Si. The molecule has 10 heteroatoms. The number of hydrogen-bond donors (Lipinski definition) is 1. The van der Waals surface area contributed by atoms with E-state index in [1.165, 1.54) is 0 Å². The van der Waals surface area contributed by atoms with E-state index in [0.29, 0.717) is 46.3 Å². The molecule has 2 unspecified atom stereocenters. The van der Waals surface area contributed by atoms with E-state index in [4.69, 9.17) is 19.2 Å². The van der Waals surface area contributed by atoms with Gasteiger partial charge in [0, 0.05) is 31.9 Å². The summed E-state index contributed by atoms with van der Waals surface area (Å²) in [5.74, 6) is 0.709. The standard InChI is InChI=1S/C25H34N4O5Si/c1-14(2)23-25(31)28-19-11-16(32-4)10-17(24(19)34-23)20-18-12-26-29(13-33-8-9-35(5,6)7)21(18)22(30)15(3)27-20/h10-12,14-15,23H,8-9,13H2,1-7H3,(H,28,31). The Kier molecular flexibility index (Phi) is 6.87. The van der Waals surface area contributed by atoms with Crippen molar-refractivity contribution in [1.29, 1.82) is 0 Å². The Labute approximate surface area is 206 Å². The molecule has 0 fully saturated rings. The van der Waals surface area contributed by atoms with Crippen molar-refractivity contribution in [3.8, 4) is 11.5 Å². The number of carbonyl (C=O) groups excluding carboxylic acids is 2. The van der Waals surface area contributed by atoms with Gasteiger partial charge in [0.05, 0.1) is 24.7 Å². The fourth-order valence-electron chi connectivity index (χ4n) is 4.12. The minimum atomic E-state index is -1.23. The molecular weight excluding hydrogens is 464 g/mol. The second-order valence-electron chi connectivity index (χ2n) is 10.6. The summed E-state index contributed by atoms with van der Waals surface area (Å²) in [5, 5.41) is 7.40. The van der Waals surface area contributed by atoms with Crippen molar-refractivity contribution in [2.45, 2.75) is 65.3 Å². The minimum Gasteiger partial charge on any atom is -0.497 e. The maximum Gasteiger partial charge on any atom is 0.265 e. The first-order valence-corrected chi connectivity index (χ1v) is 15.7. The quantitative estimate of drug-likeness (QED) is 0.436. The van der Waals surface area contributed by atoms with Crippen LogP contribution in [0.25, 0.3) is 0 Å². The van der Waals surface area contributed by atoms with Crippen LogP contribution in [0.2, 0.25) is 25.7 Å². The molecule has 0 saturated carbocycles. The molecule has 1 N–H and O–H groups in total. The predicted molar refractivity (Wildman–Crippen MR) is 137 cm³/mol. The van der Waals surface area contributed by atoms with Crippen molar-refractivity contribution in [2.24, 2.45) is 10.9 Å². The van der Waals surface area contributed by atoms with Crippen molar-refractivity contribution in [3.05, 3.63) is 35.2 Å². The molecule has 0 spiro atoms. The second kappa shape index (κ2) is 9.58. The first-order valence-electron chi connectivity index (χ1n) is 12.0. The highest BCUT2D eigenvalue weighted by atomic mass is 28.3. The molecule has 0 radical (unpaired) electrons. The normalized spacial score (nSPS) is 19.6. The van der Waals surface area contributed by atoms with Gasteiger partial charge < -0.3 is 19.5 Å². The van der Waals surface area contributed by atoms with Crippen LogP contribution in [0, 0.1) is 5.92 Å². The first-order chi connectivity index (χ1) is 16.5. The summed E-state index contributed by atoms with van der Waals surface area (Å²) in [5.41, 5.74) is 2.81. The van der Waals surface area contributed by atoms with Crippen LogP contribution in [-0.4, -0.2) is 61.1 Å². The number of nitrogens with zero attached hydrogens (tertiary/aromatic N) is 3. The van der Waals surface area contributed by atoms with Gasteiger partial charge in [-0.15, -0.1) is 0 Å². The molecule has 0 saturated heterocycles. The summed E-state index contributed by atoms with van der Waals surface area (Å²) in [4.78, 5) is 30.4. The lowest BCUT2D eigenvalue weighted by Crippen LogP contribution is -2.41. The number of amides is 1. The zero-order valence-electron chi connectivity index (χ0n) is 21.5. The van der Waals surface area contributed by atoms with Crippen molar-refractivity contribution in [1.82, 2.24) is 9.78 Å². The van der Waals surface area contributed by atoms with Crippen LogP contribution in [0.15, 0.2) is 23.3 Å². The third-order valence-corrected chi connectivity index (χ3v) is 7.86. The minimum absolute atomic E-state index is 0.0292. The molecule has 0 aliphatic carbocycles. The summed E-state index contributed by atoms with van der Waals surface area (Å²) in [7, 11) is 0.334. The van der Waals surface area contributed by atoms with Crippen molar-refractivity contribution < 1.29 is 23.8 Å². The lowest BCUT2D eigenvalue weighted by atomic mass is 9.93. The molecule has 188 valence electrons. The van der Waals surface area contributed by atoms with E-state index >= 15 is 0 Å². The van der Waals surface area contributed by atoms with Gasteiger partial charge in [0.2, 0.25) is 5.78 Å².